The summed E-state index contributed by atoms with van der Waals surface area (Å²) in [6, 6.07) is 0. The topological polar surface area (TPSA) is 40.5 Å². The highest BCUT2D eigenvalue weighted by Gasteiger charge is 2.24. The molecule has 1 amide bonds. The van der Waals surface area contributed by atoms with Gasteiger partial charge in [0.2, 0.25) is 5.91 Å². The summed E-state index contributed by atoms with van der Waals surface area (Å²) in [7, 11) is 0. The van der Waals surface area contributed by atoms with Gasteiger partial charge in [0, 0.05) is 31.9 Å². The molecule has 0 aliphatic carbocycles. The van der Waals surface area contributed by atoms with Gasteiger partial charge in [0.15, 0.2) is 0 Å². The molecule has 0 radical (unpaired) electrons. The Hall–Kier alpha value is -0.220. The van der Waals surface area contributed by atoms with Gasteiger partial charge in [-0.2, -0.15) is 11.8 Å². The van der Waals surface area contributed by atoms with E-state index in [2.05, 4.69) is 0 Å². The summed E-state index contributed by atoms with van der Waals surface area (Å²) in [6.45, 7) is 1.99. The number of likely N-dealkylation sites (tertiary alicyclic amines) is 1. The van der Waals surface area contributed by atoms with Crippen molar-refractivity contribution >= 4 is 17.7 Å². The Bertz CT molecular complexity index is 187. The fourth-order valence-electron chi connectivity index (χ4n) is 1.82. The highest BCUT2D eigenvalue weighted by Crippen LogP contribution is 2.19. The van der Waals surface area contributed by atoms with Crippen molar-refractivity contribution in [3.63, 3.8) is 0 Å². The summed E-state index contributed by atoms with van der Waals surface area (Å²) >= 11 is 1.71. The molecule has 1 unspecified atom stereocenters. The molecule has 0 saturated carbocycles. The van der Waals surface area contributed by atoms with Gasteiger partial charge in [-0.25, -0.2) is 0 Å². The fraction of sp³-hybridized carbons (Fsp3) is 0.900. The normalized spacial score (nSPS) is 21.6. The molecule has 4 heteroatoms. The molecule has 82 valence electrons. The van der Waals surface area contributed by atoms with Gasteiger partial charge in [0.05, 0.1) is 0 Å². The maximum absolute atomic E-state index is 11.6. The molecule has 0 aromatic heterocycles. The van der Waals surface area contributed by atoms with Crippen molar-refractivity contribution in [2.75, 3.05) is 31.7 Å². The molecule has 0 aromatic rings. The number of nitrogens with zero attached hydrogens (tertiary/aromatic N) is 1. The summed E-state index contributed by atoms with van der Waals surface area (Å²) in [6.07, 6.45) is 4.58. The maximum Gasteiger partial charge on any atom is 0.223 e. The second kappa shape index (κ2) is 6.30. The SMILES string of the molecule is CSCCC(=O)N1CCC(CCO)C1. The van der Waals surface area contributed by atoms with Crippen molar-refractivity contribution in [1.29, 1.82) is 0 Å². The Kier molecular flexibility index (Phi) is 5.33. The van der Waals surface area contributed by atoms with Gasteiger partial charge in [-0.15, -0.1) is 0 Å². The van der Waals surface area contributed by atoms with Gasteiger partial charge in [-0.05, 0) is 25.0 Å². The zero-order valence-corrected chi connectivity index (χ0v) is 9.55. The van der Waals surface area contributed by atoms with Gasteiger partial charge in [-0.3, -0.25) is 4.79 Å². The van der Waals surface area contributed by atoms with Crippen molar-refractivity contribution in [1.82, 2.24) is 4.90 Å². The third kappa shape index (κ3) is 3.50. The van der Waals surface area contributed by atoms with Crippen molar-refractivity contribution in [2.45, 2.75) is 19.3 Å². The minimum absolute atomic E-state index is 0.248. The van der Waals surface area contributed by atoms with Gasteiger partial charge >= 0.3 is 0 Å². The van der Waals surface area contributed by atoms with Crippen molar-refractivity contribution in [3.05, 3.63) is 0 Å². The molecule has 1 heterocycles. The lowest BCUT2D eigenvalue weighted by Gasteiger charge is -2.15. The smallest absolute Gasteiger partial charge is 0.223 e. The van der Waals surface area contributed by atoms with Crippen LogP contribution in [0.15, 0.2) is 0 Å². The number of amides is 1. The third-order valence-electron chi connectivity index (χ3n) is 2.70. The molecule has 14 heavy (non-hydrogen) atoms. The van der Waals surface area contributed by atoms with Crippen LogP contribution in [0.2, 0.25) is 0 Å². The maximum atomic E-state index is 11.6. The number of carbonyl (C=O) groups is 1. The summed E-state index contributed by atoms with van der Waals surface area (Å²) in [5.74, 6) is 1.72. The molecule has 1 atom stereocenters. The number of carbonyl (C=O) groups excluding carboxylic acids is 1. The lowest BCUT2D eigenvalue weighted by atomic mass is 10.1. The standard InChI is InChI=1S/C10H19NO2S/c1-14-7-4-10(13)11-5-2-9(8-11)3-6-12/h9,12H,2-8H2,1H3. The van der Waals surface area contributed by atoms with E-state index in [1.54, 1.807) is 11.8 Å². The van der Waals surface area contributed by atoms with Crippen LogP contribution in [0.5, 0.6) is 0 Å². The summed E-state index contributed by atoms with van der Waals surface area (Å²) in [5, 5.41) is 8.79. The fourth-order valence-corrected chi connectivity index (χ4v) is 2.20. The zero-order valence-electron chi connectivity index (χ0n) is 8.74. The molecule has 1 N–H and O–H groups in total. The molecule has 1 aliphatic heterocycles. The highest BCUT2D eigenvalue weighted by molar-refractivity contribution is 7.98. The molecular formula is C10H19NO2S. The van der Waals surface area contributed by atoms with Gasteiger partial charge in [0.1, 0.15) is 0 Å². The predicted molar refractivity (Wildman–Crippen MR) is 59.4 cm³/mol. The monoisotopic (exact) mass is 217 g/mol. The van der Waals surface area contributed by atoms with Crippen molar-refractivity contribution in [2.24, 2.45) is 5.92 Å². The van der Waals surface area contributed by atoms with Crippen molar-refractivity contribution in [3.8, 4) is 0 Å². The Balaban J connectivity index is 2.23. The molecule has 0 bridgehead atoms. The Labute approximate surface area is 89.9 Å². The first-order valence-electron chi connectivity index (χ1n) is 5.15. The van der Waals surface area contributed by atoms with Crippen LogP contribution in [0.25, 0.3) is 0 Å². The van der Waals surface area contributed by atoms with E-state index < -0.39 is 0 Å². The number of aliphatic hydroxyl groups excluding tert-OH is 1. The minimum atomic E-state index is 0.248. The molecule has 1 rings (SSSR count). The first-order chi connectivity index (χ1) is 6.77. The van der Waals surface area contributed by atoms with Gasteiger partial charge in [0.25, 0.3) is 0 Å². The van der Waals surface area contributed by atoms with E-state index in [0.29, 0.717) is 12.3 Å². The number of hydrogen-bond donors (Lipinski definition) is 1. The van der Waals surface area contributed by atoms with Gasteiger partial charge < -0.3 is 10.0 Å². The van der Waals surface area contributed by atoms with Crippen LogP contribution in [-0.4, -0.2) is 47.6 Å². The van der Waals surface area contributed by atoms with E-state index in [0.717, 1.165) is 31.7 Å². The summed E-state index contributed by atoms with van der Waals surface area (Å²) in [4.78, 5) is 13.5. The van der Waals surface area contributed by atoms with Crippen molar-refractivity contribution < 1.29 is 9.90 Å². The van der Waals surface area contributed by atoms with Crippen LogP contribution in [0.1, 0.15) is 19.3 Å². The molecule has 0 aromatic carbocycles. The number of hydrogen-bond acceptors (Lipinski definition) is 3. The van der Waals surface area contributed by atoms with Crippen LogP contribution >= 0.6 is 11.8 Å². The highest BCUT2D eigenvalue weighted by atomic mass is 32.2. The number of rotatable bonds is 5. The quantitative estimate of drug-likeness (QED) is 0.746. The largest absolute Gasteiger partial charge is 0.396 e. The predicted octanol–water partition coefficient (Wildman–Crippen LogP) is 0.970. The Morgan fingerprint density at radius 1 is 1.64 bits per heavy atom. The molecule has 1 aliphatic rings. The van der Waals surface area contributed by atoms with E-state index >= 15 is 0 Å². The average Bonchev–Trinajstić information content (AvgIpc) is 2.63. The van der Waals surface area contributed by atoms with Crippen LogP contribution in [0.3, 0.4) is 0 Å². The second-order valence-corrected chi connectivity index (χ2v) is 4.74. The van der Waals surface area contributed by atoms with E-state index in [9.17, 15) is 4.79 Å². The third-order valence-corrected chi connectivity index (χ3v) is 3.31. The van der Waals surface area contributed by atoms with Crippen LogP contribution in [0.4, 0.5) is 0 Å². The lowest BCUT2D eigenvalue weighted by molar-refractivity contribution is -0.129. The van der Waals surface area contributed by atoms with Crippen LogP contribution < -0.4 is 0 Å². The van der Waals surface area contributed by atoms with Gasteiger partial charge in [-0.1, -0.05) is 0 Å². The molecule has 1 saturated heterocycles. The zero-order chi connectivity index (χ0) is 10.4. The average molecular weight is 217 g/mol. The summed E-state index contributed by atoms with van der Waals surface area (Å²) in [5.41, 5.74) is 0. The molecular weight excluding hydrogens is 198 g/mol. The first-order valence-corrected chi connectivity index (χ1v) is 6.55. The number of thioether (sulfide) groups is 1. The second-order valence-electron chi connectivity index (χ2n) is 3.75. The molecule has 0 spiro atoms. The Morgan fingerprint density at radius 2 is 2.43 bits per heavy atom. The molecule has 3 nitrogen and oxygen atoms in total. The Morgan fingerprint density at radius 3 is 3.07 bits per heavy atom. The van der Waals surface area contributed by atoms with Crippen LogP contribution in [-0.2, 0) is 4.79 Å². The first kappa shape index (κ1) is 11.9. The van der Waals surface area contributed by atoms with Crippen LogP contribution in [0, 0.1) is 5.92 Å². The summed E-state index contributed by atoms with van der Waals surface area (Å²) < 4.78 is 0. The van der Waals surface area contributed by atoms with E-state index in [-0.39, 0.29) is 12.5 Å². The number of aliphatic hydroxyl groups is 1. The van der Waals surface area contributed by atoms with E-state index in [1.807, 2.05) is 11.2 Å². The molecule has 1 fully saturated rings. The van der Waals surface area contributed by atoms with E-state index in [1.165, 1.54) is 0 Å². The van der Waals surface area contributed by atoms with E-state index in [4.69, 9.17) is 5.11 Å². The minimum Gasteiger partial charge on any atom is -0.396 e. The lowest BCUT2D eigenvalue weighted by Crippen LogP contribution is -2.28.